The monoisotopic (exact) mass is 325 g/mol. The Bertz CT molecular complexity index is 330. The minimum absolute atomic E-state index is 0.554. The molecule has 0 radical (unpaired) electrons. The molecule has 1 aliphatic carbocycles. The van der Waals surface area contributed by atoms with Crippen LogP contribution >= 0.6 is 0 Å². The molecule has 0 aromatic heterocycles. The number of hydrogen-bond donors (Lipinski definition) is 1. The van der Waals surface area contributed by atoms with Gasteiger partial charge in [0.05, 0.1) is 0 Å². The number of hydrogen-bond acceptors (Lipinski definition) is 2. The van der Waals surface area contributed by atoms with Crippen molar-refractivity contribution in [2.75, 3.05) is 6.61 Å². The van der Waals surface area contributed by atoms with E-state index in [1.165, 1.54) is 70.6 Å². The van der Waals surface area contributed by atoms with Crippen molar-refractivity contribution >= 4 is 0 Å². The van der Waals surface area contributed by atoms with Gasteiger partial charge in [0.1, 0.15) is 0 Å². The second-order valence-electron chi connectivity index (χ2n) is 6.71. The Morgan fingerprint density at radius 3 is 1.91 bits per heavy atom. The zero-order valence-electron chi connectivity index (χ0n) is 15.0. The number of allylic oxidation sites excluding steroid dienone is 2. The van der Waals surface area contributed by atoms with E-state index < -0.39 is 5.72 Å². The molecule has 2 nitrogen and oxygen atoms in total. The highest BCUT2D eigenvalue weighted by Crippen LogP contribution is 2.20. The summed E-state index contributed by atoms with van der Waals surface area (Å²) in [5.41, 5.74) is 0.876. The molecule has 0 aromatic carbocycles. The number of halogens is 1. The first-order valence-electron chi connectivity index (χ1n) is 9.69. The van der Waals surface area contributed by atoms with Crippen LogP contribution < -0.4 is 5.54 Å². The Hall–Kier alpha value is -0.670. The molecule has 0 heterocycles. The molecular formula is C20H36FNO. The van der Waals surface area contributed by atoms with E-state index in [4.69, 9.17) is 4.74 Å². The molecule has 0 spiro atoms. The van der Waals surface area contributed by atoms with Crippen LogP contribution in [0.1, 0.15) is 90.4 Å². The maximum absolute atomic E-state index is 12.9. The average Bonchev–Trinajstić information content (AvgIpc) is 2.60. The van der Waals surface area contributed by atoms with Crippen molar-refractivity contribution in [1.82, 2.24) is 5.54 Å². The number of rotatable bonds is 15. The van der Waals surface area contributed by atoms with E-state index >= 15 is 0 Å². The molecule has 3 heteroatoms. The highest BCUT2D eigenvalue weighted by Gasteiger charge is 2.27. The Morgan fingerprint density at radius 2 is 1.43 bits per heavy atom. The molecule has 0 amide bonds. The minimum atomic E-state index is -0.924. The van der Waals surface area contributed by atoms with E-state index in [1.54, 1.807) is 11.6 Å². The predicted molar refractivity (Wildman–Crippen MR) is 96.9 cm³/mol. The fourth-order valence-electron chi connectivity index (χ4n) is 3.00. The summed E-state index contributed by atoms with van der Waals surface area (Å²) in [6.45, 7) is 2.88. The van der Waals surface area contributed by atoms with Gasteiger partial charge < -0.3 is 4.74 Å². The Morgan fingerprint density at radius 1 is 0.870 bits per heavy atom. The van der Waals surface area contributed by atoms with Crippen molar-refractivity contribution in [2.45, 2.75) is 96.1 Å². The van der Waals surface area contributed by atoms with Gasteiger partial charge in [0.25, 0.3) is 0 Å². The highest BCUT2D eigenvalue weighted by atomic mass is 19.2. The molecule has 0 saturated carbocycles. The van der Waals surface area contributed by atoms with Gasteiger partial charge >= 0.3 is 0 Å². The molecule has 0 bridgehead atoms. The second kappa shape index (κ2) is 13.7. The van der Waals surface area contributed by atoms with E-state index in [-0.39, 0.29) is 0 Å². The van der Waals surface area contributed by atoms with Gasteiger partial charge in [0.15, 0.2) is 5.72 Å². The lowest BCUT2D eigenvalue weighted by atomic mass is 10.0. The topological polar surface area (TPSA) is 21.3 Å². The molecule has 0 saturated heterocycles. The zero-order chi connectivity index (χ0) is 16.6. The summed E-state index contributed by atoms with van der Waals surface area (Å²) in [5, 5.41) is 0. The van der Waals surface area contributed by atoms with Crippen LogP contribution in [0.5, 0.6) is 0 Å². The van der Waals surface area contributed by atoms with Crippen LogP contribution in [-0.2, 0) is 4.74 Å². The minimum Gasteiger partial charge on any atom is -0.354 e. The Balaban J connectivity index is 1.85. The summed E-state index contributed by atoms with van der Waals surface area (Å²) in [7, 11) is 0. The molecule has 0 fully saturated rings. The number of ether oxygens (including phenoxy) is 1. The first-order chi connectivity index (χ1) is 11.3. The van der Waals surface area contributed by atoms with Crippen LogP contribution in [0.4, 0.5) is 4.48 Å². The third kappa shape index (κ3) is 9.93. The van der Waals surface area contributed by atoms with Gasteiger partial charge in [-0.05, 0) is 12.5 Å². The van der Waals surface area contributed by atoms with E-state index in [0.29, 0.717) is 13.0 Å². The van der Waals surface area contributed by atoms with Crippen molar-refractivity contribution in [3.05, 3.63) is 24.3 Å². The predicted octanol–water partition coefficient (Wildman–Crippen LogP) is 6.39. The van der Waals surface area contributed by atoms with Gasteiger partial charge in [-0.25, -0.2) is 0 Å². The maximum atomic E-state index is 12.9. The van der Waals surface area contributed by atoms with Gasteiger partial charge in [-0.2, -0.15) is 0 Å². The molecule has 0 aromatic rings. The molecular weight excluding hydrogens is 289 g/mol. The SMILES string of the molecule is CCCCCCCCCCCCCCOC1(NF)C=CC=CC1. The number of nitrogens with one attached hydrogen (secondary N) is 1. The van der Waals surface area contributed by atoms with Gasteiger partial charge in [-0.1, -0.05) is 95.8 Å². The van der Waals surface area contributed by atoms with Crippen LogP contribution in [0.2, 0.25) is 0 Å². The van der Waals surface area contributed by atoms with Crippen molar-refractivity contribution in [1.29, 1.82) is 0 Å². The van der Waals surface area contributed by atoms with Crippen LogP contribution in [0.25, 0.3) is 0 Å². The Kier molecular flexibility index (Phi) is 12.2. The summed E-state index contributed by atoms with van der Waals surface area (Å²) in [5.74, 6) is 0. The summed E-state index contributed by atoms with van der Waals surface area (Å²) in [6, 6.07) is 0. The summed E-state index contributed by atoms with van der Waals surface area (Å²) in [4.78, 5) is 0. The standard InChI is InChI=1S/C20H36FNO/c1-2-3-4-5-6-7-8-9-10-11-12-16-19-23-20(22-21)17-14-13-15-18-20/h13-15,17,22H,2-12,16,18-19H2,1H3. The van der Waals surface area contributed by atoms with Crippen LogP contribution in [0.3, 0.4) is 0 Å². The molecule has 1 N–H and O–H groups in total. The highest BCUT2D eigenvalue weighted by molar-refractivity contribution is 5.16. The van der Waals surface area contributed by atoms with E-state index in [1.807, 2.05) is 18.2 Å². The van der Waals surface area contributed by atoms with Crippen molar-refractivity contribution < 1.29 is 9.22 Å². The van der Waals surface area contributed by atoms with E-state index in [2.05, 4.69) is 6.92 Å². The maximum Gasteiger partial charge on any atom is 0.168 e. The number of unbranched alkanes of at least 4 members (excludes halogenated alkanes) is 11. The molecule has 1 unspecified atom stereocenters. The van der Waals surface area contributed by atoms with Crippen molar-refractivity contribution in [3.8, 4) is 0 Å². The van der Waals surface area contributed by atoms with Crippen LogP contribution in [-0.4, -0.2) is 12.3 Å². The fraction of sp³-hybridized carbons (Fsp3) is 0.800. The summed E-state index contributed by atoms with van der Waals surface area (Å²) in [6.07, 6.45) is 23.9. The van der Waals surface area contributed by atoms with E-state index in [0.717, 1.165) is 6.42 Å². The summed E-state index contributed by atoms with van der Waals surface area (Å²) < 4.78 is 18.6. The van der Waals surface area contributed by atoms with Gasteiger partial charge in [-0.3, -0.25) is 0 Å². The Labute approximate surface area is 142 Å². The molecule has 134 valence electrons. The smallest absolute Gasteiger partial charge is 0.168 e. The molecule has 1 aliphatic rings. The second-order valence-corrected chi connectivity index (χ2v) is 6.71. The first kappa shape index (κ1) is 20.4. The molecule has 1 atom stereocenters. The molecule has 23 heavy (non-hydrogen) atoms. The van der Waals surface area contributed by atoms with Crippen molar-refractivity contribution in [2.24, 2.45) is 0 Å². The molecule has 1 rings (SSSR count). The van der Waals surface area contributed by atoms with Crippen molar-refractivity contribution in [3.63, 3.8) is 0 Å². The van der Waals surface area contributed by atoms with E-state index in [9.17, 15) is 4.48 Å². The first-order valence-corrected chi connectivity index (χ1v) is 9.69. The lowest BCUT2D eigenvalue weighted by Crippen LogP contribution is -2.42. The largest absolute Gasteiger partial charge is 0.354 e. The molecule has 0 aliphatic heterocycles. The average molecular weight is 326 g/mol. The van der Waals surface area contributed by atoms with Gasteiger partial charge in [0, 0.05) is 13.0 Å². The third-order valence-corrected chi connectivity index (χ3v) is 4.55. The quantitative estimate of drug-likeness (QED) is 0.214. The zero-order valence-corrected chi connectivity index (χ0v) is 15.0. The summed E-state index contributed by atoms with van der Waals surface area (Å²) >= 11 is 0. The third-order valence-electron chi connectivity index (χ3n) is 4.55. The van der Waals surface area contributed by atoms with Gasteiger partial charge in [-0.15, -0.1) is 10.0 Å². The normalized spacial score (nSPS) is 20.3. The van der Waals surface area contributed by atoms with Crippen LogP contribution in [0.15, 0.2) is 24.3 Å². The van der Waals surface area contributed by atoms with Gasteiger partial charge in [0.2, 0.25) is 0 Å². The lowest BCUT2D eigenvalue weighted by Gasteiger charge is -2.28. The fourth-order valence-corrected chi connectivity index (χ4v) is 3.00. The lowest BCUT2D eigenvalue weighted by molar-refractivity contribution is -0.0738. The van der Waals surface area contributed by atoms with Crippen LogP contribution in [0, 0.1) is 0 Å².